The highest BCUT2D eigenvalue weighted by molar-refractivity contribution is 8.13. The third-order valence-electron chi connectivity index (χ3n) is 2.48. The Morgan fingerprint density at radius 3 is 2.63 bits per heavy atom. The summed E-state index contributed by atoms with van der Waals surface area (Å²) in [4.78, 5) is 4.04. The average molecular weight is 297 g/mol. The Kier molecular flexibility index (Phi) is 3.30. The van der Waals surface area contributed by atoms with E-state index in [0.717, 1.165) is 10.2 Å². The van der Waals surface area contributed by atoms with E-state index in [2.05, 4.69) is 10.1 Å². The predicted molar refractivity (Wildman–Crippen MR) is 68.6 cm³/mol. The second-order valence-electron chi connectivity index (χ2n) is 3.92. The minimum atomic E-state index is -4.11. The molecule has 98 valence electrons. The normalized spacial score (nSPS) is 11.3. The first-order valence-corrected chi connectivity index (χ1v) is 7.53. The Hall–Kier alpha value is -1.91. The molecule has 2 aromatic rings. The maximum absolute atomic E-state index is 11.6. The molecule has 0 aliphatic heterocycles. The van der Waals surface area contributed by atoms with Crippen molar-refractivity contribution in [2.24, 2.45) is 0 Å². The van der Waals surface area contributed by atoms with Gasteiger partial charge in [0.25, 0.3) is 9.05 Å². The van der Waals surface area contributed by atoms with Gasteiger partial charge in [0.05, 0.1) is 5.69 Å². The van der Waals surface area contributed by atoms with E-state index in [1.807, 2.05) is 6.92 Å². The molecule has 19 heavy (non-hydrogen) atoms. The highest BCUT2D eigenvalue weighted by Gasteiger charge is 2.26. The molecule has 0 saturated carbocycles. The van der Waals surface area contributed by atoms with Crippen LogP contribution in [0.25, 0.3) is 5.82 Å². The largest absolute Gasteiger partial charge is 0.280 e. The predicted octanol–water partition coefficient (Wildman–Crippen LogP) is 1.68. The lowest BCUT2D eigenvalue weighted by Crippen LogP contribution is -2.07. The third kappa shape index (κ3) is 2.45. The first kappa shape index (κ1) is 13.5. The van der Waals surface area contributed by atoms with Crippen LogP contribution in [0.4, 0.5) is 0 Å². The van der Waals surface area contributed by atoms with Crippen LogP contribution in [0.5, 0.6) is 0 Å². The van der Waals surface area contributed by atoms with Crippen molar-refractivity contribution in [3.8, 4) is 11.9 Å². The van der Waals surface area contributed by atoms with Gasteiger partial charge in [-0.25, -0.2) is 18.1 Å². The van der Waals surface area contributed by atoms with Gasteiger partial charge in [0.2, 0.25) is 0 Å². The van der Waals surface area contributed by atoms with Crippen LogP contribution in [0.1, 0.15) is 16.8 Å². The van der Waals surface area contributed by atoms with Crippen molar-refractivity contribution in [2.75, 3.05) is 0 Å². The summed E-state index contributed by atoms with van der Waals surface area (Å²) in [6, 6.07) is 5.22. The summed E-state index contributed by atoms with van der Waals surface area (Å²) in [5.41, 5.74) is 1.10. The summed E-state index contributed by atoms with van der Waals surface area (Å²) in [6.07, 6.45) is 1.53. The van der Waals surface area contributed by atoms with Crippen LogP contribution in [0.3, 0.4) is 0 Å². The molecular formula is C11H9ClN4O2S. The number of rotatable bonds is 2. The Bertz CT molecular complexity index is 790. The zero-order valence-electron chi connectivity index (χ0n) is 10.1. The Balaban J connectivity index is 2.83. The molecule has 2 aromatic heterocycles. The molecule has 0 spiro atoms. The zero-order valence-corrected chi connectivity index (χ0v) is 11.7. The molecule has 0 N–H and O–H groups in total. The molecule has 0 saturated heterocycles. The first-order valence-electron chi connectivity index (χ1n) is 5.22. The smallest absolute Gasteiger partial charge is 0.237 e. The van der Waals surface area contributed by atoms with Crippen molar-refractivity contribution < 1.29 is 8.42 Å². The Morgan fingerprint density at radius 2 is 2.11 bits per heavy atom. The number of aryl methyl sites for hydroxylation is 2. The van der Waals surface area contributed by atoms with E-state index in [9.17, 15) is 8.42 Å². The molecular weight excluding hydrogens is 288 g/mol. The lowest BCUT2D eigenvalue weighted by atomic mass is 10.3. The van der Waals surface area contributed by atoms with Gasteiger partial charge in [0, 0.05) is 16.9 Å². The molecule has 0 radical (unpaired) electrons. The van der Waals surface area contributed by atoms with Gasteiger partial charge in [-0.15, -0.1) is 0 Å². The van der Waals surface area contributed by atoms with Crippen LogP contribution >= 0.6 is 10.7 Å². The van der Waals surface area contributed by atoms with E-state index in [4.69, 9.17) is 15.9 Å². The molecule has 0 aliphatic rings. The molecule has 8 heteroatoms. The Morgan fingerprint density at radius 1 is 1.42 bits per heavy atom. The average Bonchev–Trinajstić information content (AvgIpc) is 2.66. The van der Waals surface area contributed by atoms with Gasteiger partial charge < -0.3 is 0 Å². The quantitative estimate of drug-likeness (QED) is 0.787. The molecule has 0 fully saturated rings. The van der Waals surface area contributed by atoms with E-state index in [1.54, 1.807) is 18.2 Å². The van der Waals surface area contributed by atoms with Gasteiger partial charge in [-0.2, -0.15) is 10.4 Å². The molecule has 0 aromatic carbocycles. The van der Waals surface area contributed by atoms with E-state index in [1.165, 1.54) is 13.1 Å². The number of pyridine rings is 1. The minimum absolute atomic E-state index is 0.0710. The number of nitriles is 1. The zero-order chi connectivity index (χ0) is 14.2. The molecule has 2 rings (SSSR count). The lowest BCUT2D eigenvalue weighted by Gasteiger charge is -2.04. The van der Waals surface area contributed by atoms with Crippen molar-refractivity contribution in [1.82, 2.24) is 14.8 Å². The van der Waals surface area contributed by atoms with E-state index < -0.39 is 9.05 Å². The maximum atomic E-state index is 11.6. The van der Waals surface area contributed by atoms with E-state index in [0.29, 0.717) is 5.82 Å². The van der Waals surface area contributed by atoms with Gasteiger partial charge in [-0.05, 0) is 31.5 Å². The van der Waals surface area contributed by atoms with Gasteiger partial charge >= 0.3 is 0 Å². The van der Waals surface area contributed by atoms with Crippen LogP contribution in [0.15, 0.2) is 23.4 Å². The second kappa shape index (κ2) is 4.64. The van der Waals surface area contributed by atoms with Crippen molar-refractivity contribution in [2.45, 2.75) is 18.9 Å². The number of hydrogen-bond acceptors (Lipinski definition) is 5. The van der Waals surface area contributed by atoms with Crippen molar-refractivity contribution in [3.05, 3.63) is 35.2 Å². The van der Waals surface area contributed by atoms with Crippen molar-refractivity contribution in [1.29, 1.82) is 5.26 Å². The molecule has 0 atom stereocenters. The van der Waals surface area contributed by atoms with Crippen molar-refractivity contribution in [3.63, 3.8) is 0 Å². The summed E-state index contributed by atoms with van der Waals surface area (Å²) >= 11 is 0. The van der Waals surface area contributed by atoms with Gasteiger partial charge in [0.15, 0.2) is 10.8 Å². The topological polar surface area (TPSA) is 88.6 Å². The van der Waals surface area contributed by atoms with E-state index in [-0.39, 0.29) is 16.3 Å². The number of hydrogen-bond donors (Lipinski definition) is 0. The number of halogens is 1. The SMILES string of the molecule is Cc1ccnc(-n2nc(C)c(C#N)c2S(=O)(=O)Cl)c1. The Labute approximate surface area is 114 Å². The molecule has 2 heterocycles. The fourth-order valence-corrected chi connectivity index (χ4v) is 2.86. The first-order chi connectivity index (χ1) is 8.84. The van der Waals surface area contributed by atoms with Crippen molar-refractivity contribution >= 4 is 19.7 Å². The summed E-state index contributed by atoms with van der Waals surface area (Å²) in [5.74, 6) is 0.295. The third-order valence-corrected chi connectivity index (χ3v) is 3.76. The van der Waals surface area contributed by atoms with Crippen LogP contribution in [0.2, 0.25) is 0 Å². The summed E-state index contributed by atoms with van der Waals surface area (Å²) in [7, 11) is 1.28. The highest BCUT2D eigenvalue weighted by atomic mass is 35.7. The second-order valence-corrected chi connectivity index (χ2v) is 6.40. The van der Waals surface area contributed by atoms with Gasteiger partial charge in [0.1, 0.15) is 11.6 Å². The molecule has 6 nitrogen and oxygen atoms in total. The van der Waals surface area contributed by atoms with Crippen LogP contribution in [-0.4, -0.2) is 23.2 Å². The molecule has 0 amide bonds. The molecule has 0 bridgehead atoms. The molecule has 0 unspecified atom stereocenters. The fourth-order valence-electron chi connectivity index (χ4n) is 1.65. The number of nitrogens with zero attached hydrogens (tertiary/aromatic N) is 4. The monoisotopic (exact) mass is 296 g/mol. The highest BCUT2D eigenvalue weighted by Crippen LogP contribution is 2.24. The summed E-state index contributed by atoms with van der Waals surface area (Å²) in [6.45, 7) is 3.37. The number of aromatic nitrogens is 3. The fraction of sp³-hybridized carbons (Fsp3) is 0.182. The standard InChI is InChI=1S/C11H9ClN4O2S/c1-7-3-4-14-10(5-7)16-11(19(12,17)18)9(6-13)8(2)15-16/h3-5H,1-2H3. The van der Waals surface area contributed by atoms with E-state index >= 15 is 0 Å². The lowest BCUT2D eigenvalue weighted by molar-refractivity contribution is 0.598. The summed E-state index contributed by atoms with van der Waals surface area (Å²) < 4.78 is 24.3. The van der Waals surface area contributed by atoms with Gasteiger partial charge in [-0.3, -0.25) is 0 Å². The molecule has 0 aliphatic carbocycles. The minimum Gasteiger partial charge on any atom is -0.237 e. The summed E-state index contributed by atoms with van der Waals surface area (Å²) in [5, 5.41) is 12.7. The van der Waals surface area contributed by atoms with Crippen LogP contribution in [0, 0.1) is 25.2 Å². The van der Waals surface area contributed by atoms with Crippen LogP contribution in [-0.2, 0) is 9.05 Å². The van der Waals surface area contributed by atoms with Crippen LogP contribution < -0.4 is 0 Å². The van der Waals surface area contributed by atoms with Gasteiger partial charge in [-0.1, -0.05) is 0 Å². The maximum Gasteiger partial charge on any atom is 0.280 e.